The van der Waals surface area contributed by atoms with Gasteiger partial charge in [-0.3, -0.25) is 4.79 Å². The molecule has 0 atom stereocenters. The highest BCUT2D eigenvalue weighted by atomic mass is 16.4. The molecule has 3 aromatic heterocycles. The molecule has 4 rings (SSSR count). The Kier molecular flexibility index (Phi) is 3.72. The zero-order chi connectivity index (χ0) is 17.4. The van der Waals surface area contributed by atoms with E-state index in [1.54, 1.807) is 12.3 Å². The molecule has 0 bridgehead atoms. The highest BCUT2D eigenvalue weighted by Gasteiger charge is 2.21. The Balaban J connectivity index is 1.85. The second kappa shape index (κ2) is 6.04. The van der Waals surface area contributed by atoms with Crippen molar-refractivity contribution in [1.82, 2.24) is 19.9 Å². The number of pyridine rings is 1. The van der Waals surface area contributed by atoms with E-state index in [1.165, 1.54) is 5.56 Å². The van der Waals surface area contributed by atoms with Crippen LogP contribution in [-0.4, -0.2) is 44.6 Å². The van der Waals surface area contributed by atoms with Crippen LogP contribution in [0, 0.1) is 0 Å². The van der Waals surface area contributed by atoms with E-state index < -0.39 is 5.97 Å². The highest BCUT2D eigenvalue weighted by molar-refractivity contribution is 5.93. The summed E-state index contributed by atoms with van der Waals surface area (Å²) in [5.74, 6) is 1.01. The fraction of sp³-hybridized carbons (Fsp3) is 0.294. The summed E-state index contributed by atoms with van der Waals surface area (Å²) in [4.78, 5) is 27.8. The van der Waals surface area contributed by atoms with Gasteiger partial charge < -0.3 is 20.7 Å². The molecule has 8 nitrogen and oxygen atoms in total. The summed E-state index contributed by atoms with van der Waals surface area (Å²) in [7, 11) is 1.86. The van der Waals surface area contributed by atoms with Gasteiger partial charge in [-0.2, -0.15) is 0 Å². The van der Waals surface area contributed by atoms with Crippen LogP contribution in [0.15, 0.2) is 18.3 Å². The van der Waals surface area contributed by atoms with E-state index >= 15 is 0 Å². The quantitative estimate of drug-likeness (QED) is 0.562. The van der Waals surface area contributed by atoms with Gasteiger partial charge in [-0.1, -0.05) is 0 Å². The second-order valence-electron chi connectivity index (χ2n) is 5.97. The van der Waals surface area contributed by atoms with Gasteiger partial charge in [0.1, 0.15) is 23.8 Å². The number of H-pyrrole nitrogens is 1. The minimum absolute atomic E-state index is 0.203. The predicted molar refractivity (Wildman–Crippen MR) is 94.8 cm³/mol. The summed E-state index contributed by atoms with van der Waals surface area (Å²) in [5.41, 5.74) is 3.76. The number of aromatic amines is 1. The van der Waals surface area contributed by atoms with E-state index in [4.69, 9.17) is 15.1 Å². The first-order valence-electron chi connectivity index (χ1n) is 8.17. The molecule has 3 aromatic rings. The molecule has 0 spiro atoms. The first-order valence-corrected chi connectivity index (χ1v) is 8.17. The monoisotopic (exact) mass is 338 g/mol. The average molecular weight is 338 g/mol. The molecule has 0 saturated heterocycles. The van der Waals surface area contributed by atoms with Crippen LogP contribution in [0.25, 0.3) is 22.4 Å². The zero-order valence-corrected chi connectivity index (χ0v) is 13.8. The van der Waals surface area contributed by atoms with Gasteiger partial charge in [-0.25, -0.2) is 15.0 Å². The van der Waals surface area contributed by atoms with Crippen LogP contribution >= 0.6 is 0 Å². The SMILES string of the molecule is CNc1nc(-c2cc(NCC(=O)O)nc3[nH]ccc23)nc2c1CCC2. The first-order chi connectivity index (χ1) is 12.2. The standard InChI is InChI=1S/C17H18N6O2/c1-18-15-10-3-2-4-12(10)21-17(23-15)11-7-13(20-8-14(24)25)22-16-9(11)5-6-19-16/h5-7H,2-4,8H2,1H3,(H,24,25)(H,18,21,23)(H2,19,20,22). The molecule has 0 radical (unpaired) electrons. The molecule has 0 aromatic carbocycles. The molecular formula is C17H18N6O2. The van der Waals surface area contributed by atoms with Crippen LogP contribution in [0.3, 0.4) is 0 Å². The lowest BCUT2D eigenvalue weighted by Crippen LogP contribution is -2.13. The number of anilines is 2. The number of nitrogens with zero attached hydrogens (tertiary/aromatic N) is 3. The van der Waals surface area contributed by atoms with Crippen LogP contribution in [0.5, 0.6) is 0 Å². The number of nitrogens with one attached hydrogen (secondary N) is 3. The van der Waals surface area contributed by atoms with Crippen molar-refractivity contribution >= 4 is 28.6 Å². The van der Waals surface area contributed by atoms with Gasteiger partial charge in [0.2, 0.25) is 0 Å². The third-order valence-corrected chi connectivity index (χ3v) is 4.36. The Hall–Kier alpha value is -3.16. The molecule has 1 aliphatic rings. The van der Waals surface area contributed by atoms with Crippen molar-refractivity contribution in [1.29, 1.82) is 0 Å². The zero-order valence-electron chi connectivity index (χ0n) is 13.8. The molecule has 4 N–H and O–H groups in total. The summed E-state index contributed by atoms with van der Waals surface area (Å²) in [5, 5.41) is 15.8. The molecule has 0 unspecified atom stereocenters. The van der Waals surface area contributed by atoms with Crippen LogP contribution in [0.2, 0.25) is 0 Å². The molecule has 25 heavy (non-hydrogen) atoms. The van der Waals surface area contributed by atoms with Gasteiger partial charge in [-0.15, -0.1) is 0 Å². The van der Waals surface area contributed by atoms with Gasteiger partial charge in [0.05, 0.1) is 0 Å². The van der Waals surface area contributed by atoms with Gasteiger partial charge in [0, 0.05) is 35.5 Å². The van der Waals surface area contributed by atoms with E-state index in [2.05, 4.69) is 20.6 Å². The Labute approximate surface area is 143 Å². The molecule has 1 aliphatic carbocycles. The Morgan fingerprint density at radius 2 is 2.20 bits per heavy atom. The van der Waals surface area contributed by atoms with Crippen LogP contribution < -0.4 is 10.6 Å². The molecule has 0 fully saturated rings. The Bertz CT molecular complexity index is 965. The maximum absolute atomic E-state index is 10.8. The number of carboxylic acids is 1. The van der Waals surface area contributed by atoms with E-state index in [0.29, 0.717) is 17.3 Å². The van der Waals surface area contributed by atoms with Gasteiger partial charge in [-0.05, 0) is 31.4 Å². The maximum atomic E-state index is 10.8. The molecule has 0 amide bonds. The number of carboxylic acid groups (broad SMARTS) is 1. The number of hydrogen-bond acceptors (Lipinski definition) is 6. The number of hydrogen-bond donors (Lipinski definition) is 4. The average Bonchev–Trinajstić information content (AvgIpc) is 3.26. The van der Waals surface area contributed by atoms with Crippen molar-refractivity contribution < 1.29 is 9.90 Å². The summed E-state index contributed by atoms with van der Waals surface area (Å²) < 4.78 is 0. The number of aromatic nitrogens is 4. The Morgan fingerprint density at radius 1 is 1.32 bits per heavy atom. The summed E-state index contributed by atoms with van der Waals surface area (Å²) in [6.07, 6.45) is 4.83. The molecule has 0 saturated carbocycles. The first kappa shape index (κ1) is 15.4. The summed E-state index contributed by atoms with van der Waals surface area (Å²) in [6, 6.07) is 3.73. The number of fused-ring (bicyclic) bond motifs is 2. The van der Waals surface area contributed by atoms with Crippen molar-refractivity contribution in [3.05, 3.63) is 29.6 Å². The third-order valence-electron chi connectivity index (χ3n) is 4.36. The molecule has 0 aliphatic heterocycles. The van der Waals surface area contributed by atoms with Gasteiger partial charge in [0.15, 0.2) is 5.82 Å². The van der Waals surface area contributed by atoms with Crippen molar-refractivity contribution in [3.8, 4) is 11.4 Å². The lowest BCUT2D eigenvalue weighted by atomic mass is 10.1. The van der Waals surface area contributed by atoms with E-state index in [1.807, 2.05) is 13.1 Å². The molecule has 3 heterocycles. The van der Waals surface area contributed by atoms with Crippen LogP contribution in [0.1, 0.15) is 17.7 Å². The minimum Gasteiger partial charge on any atom is -0.480 e. The fourth-order valence-electron chi connectivity index (χ4n) is 3.24. The van der Waals surface area contributed by atoms with Crippen LogP contribution in [-0.2, 0) is 17.6 Å². The number of aryl methyl sites for hydroxylation is 1. The lowest BCUT2D eigenvalue weighted by Gasteiger charge is -2.11. The molecule has 128 valence electrons. The van der Waals surface area contributed by atoms with E-state index in [0.717, 1.165) is 41.7 Å². The number of rotatable bonds is 5. The third kappa shape index (κ3) is 2.75. The van der Waals surface area contributed by atoms with Crippen molar-refractivity contribution in [2.24, 2.45) is 0 Å². The van der Waals surface area contributed by atoms with E-state index in [9.17, 15) is 4.79 Å². The lowest BCUT2D eigenvalue weighted by molar-refractivity contribution is -0.134. The minimum atomic E-state index is -0.943. The van der Waals surface area contributed by atoms with Gasteiger partial charge in [0.25, 0.3) is 0 Å². The second-order valence-corrected chi connectivity index (χ2v) is 5.97. The maximum Gasteiger partial charge on any atom is 0.322 e. The van der Waals surface area contributed by atoms with Crippen molar-refractivity contribution in [2.75, 3.05) is 24.2 Å². The highest BCUT2D eigenvalue weighted by Crippen LogP contribution is 2.32. The number of aliphatic carboxylic acids is 1. The largest absolute Gasteiger partial charge is 0.480 e. The van der Waals surface area contributed by atoms with Crippen molar-refractivity contribution in [3.63, 3.8) is 0 Å². The summed E-state index contributed by atoms with van der Waals surface area (Å²) in [6.45, 7) is -0.203. The van der Waals surface area contributed by atoms with Crippen LogP contribution in [0.4, 0.5) is 11.6 Å². The number of carbonyl (C=O) groups is 1. The normalized spacial score (nSPS) is 13.0. The van der Waals surface area contributed by atoms with E-state index in [-0.39, 0.29) is 6.54 Å². The molecular weight excluding hydrogens is 320 g/mol. The topological polar surface area (TPSA) is 116 Å². The predicted octanol–water partition coefficient (Wildman–Crippen LogP) is 2.05. The Morgan fingerprint density at radius 3 is 3.00 bits per heavy atom. The van der Waals surface area contributed by atoms with Gasteiger partial charge >= 0.3 is 5.97 Å². The summed E-state index contributed by atoms with van der Waals surface area (Å²) >= 11 is 0. The fourth-order valence-corrected chi connectivity index (χ4v) is 3.24. The molecule has 8 heteroatoms. The van der Waals surface area contributed by atoms with Crippen molar-refractivity contribution in [2.45, 2.75) is 19.3 Å². The smallest absolute Gasteiger partial charge is 0.322 e.